The SMILES string of the molecule is Cl.Cl.N=C(N)c1ccc(CN2CCC[C@@H]3C[C@@]32C(N)=O)cc1. The summed E-state index contributed by atoms with van der Waals surface area (Å²) in [5, 5.41) is 7.39. The molecule has 5 N–H and O–H groups in total. The number of likely N-dealkylation sites (tertiary alicyclic amines) is 1. The Morgan fingerprint density at radius 3 is 2.45 bits per heavy atom. The molecule has 7 heteroatoms. The molecule has 2 fully saturated rings. The summed E-state index contributed by atoms with van der Waals surface area (Å²) >= 11 is 0. The number of amidine groups is 1. The third-order valence-corrected chi connectivity index (χ3v) is 4.68. The van der Waals surface area contributed by atoms with Crippen LogP contribution in [0.2, 0.25) is 0 Å². The van der Waals surface area contributed by atoms with Crippen LogP contribution in [0.4, 0.5) is 0 Å². The highest BCUT2D eigenvalue weighted by atomic mass is 35.5. The van der Waals surface area contributed by atoms with E-state index in [2.05, 4.69) is 4.90 Å². The molecule has 2 aliphatic rings. The van der Waals surface area contributed by atoms with Crippen LogP contribution < -0.4 is 11.5 Å². The number of piperidine rings is 1. The second-order valence-corrected chi connectivity index (χ2v) is 5.86. The minimum absolute atomic E-state index is 0. The molecule has 122 valence electrons. The van der Waals surface area contributed by atoms with Crippen molar-refractivity contribution in [3.63, 3.8) is 0 Å². The number of halogens is 2. The molecule has 1 saturated carbocycles. The number of fused-ring (bicyclic) bond motifs is 1. The Hall–Kier alpha value is -1.30. The minimum atomic E-state index is -0.391. The third-order valence-electron chi connectivity index (χ3n) is 4.68. The molecule has 1 aliphatic heterocycles. The summed E-state index contributed by atoms with van der Waals surface area (Å²) in [5.41, 5.74) is 12.5. The summed E-state index contributed by atoms with van der Waals surface area (Å²) in [6.45, 7) is 1.66. The topological polar surface area (TPSA) is 96.2 Å². The number of carbonyl (C=O) groups is 1. The van der Waals surface area contributed by atoms with Gasteiger partial charge < -0.3 is 11.5 Å². The first-order valence-corrected chi connectivity index (χ1v) is 7.02. The lowest BCUT2D eigenvalue weighted by Crippen LogP contribution is -2.50. The molecule has 0 aromatic heterocycles. The smallest absolute Gasteiger partial charge is 0.238 e. The zero-order chi connectivity index (χ0) is 14.3. The molecule has 0 radical (unpaired) electrons. The van der Waals surface area contributed by atoms with E-state index in [0.717, 1.165) is 43.5 Å². The number of nitrogen functional groups attached to an aromatic ring is 1. The number of nitrogens with one attached hydrogen (secondary N) is 1. The average Bonchev–Trinajstić information content (AvgIpc) is 3.16. The standard InChI is InChI=1S/C15H20N4O.2ClH/c16-13(17)11-5-3-10(4-6-11)9-19-7-1-2-12-8-15(12,19)14(18)20;;/h3-6,12H,1-2,7-9H2,(H3,16,17)(H2,18,20);2*1H/t12-,15+;;/m1../s1. The molecule has 5 nitrogen and oxygen atoms in total. The van der Waals surface area contributed by atoms with Crippen LogP contribution in [-0.2, 0) is 11.3 Å². The molecule has 1 aromatic carbocycles. The minimum Gasteiger partial charge on any atom is -0.384 e. The molecule has 1 aliphatic carbocycles. The van der Waals surface area contributed by atoms with Gasteiger partial charge in [-0.25, -0.2) is 0 Å². The van der Waals surface area contributed by atoms with Gasteiger partial charge in [-0.1, -0.05) is 24.3 Å². The van der Waals surface area contributed by atoms with Gasteiger partial charge in [-0.15, -0.1) is 24.8 Å². The maximum atomic E-state index is 11.8. The second-order valence-electron chi connectivity index (χ2n) is 5.86. The summed E-state index contributed by atoms with van der Waals surface area (Å²) in [6, 6.07) is 7.64. The van der Waals surface area contributed by atoms with Gasteiger partial charge in [0, 0.05) is 12.1 Å². The molecule has 1 saturated heterocycles. The lowest BCUT2D eigenvalue weighted by atomic mass is 10.00. The lowest BCUT2D eigenvalue weighted by Gasteiger charge is -2.34. The number of nitrogens with zero attached hydrogens (tertiary/aromatic N) is 1. The number of benzene rings is 1. The number of rotatable bonds is 4. The summed E-state index contributed by atoms with van der Waals surface area (Å²) in [7, 11) is 0. The molecule has 0 bridgehead atoms. The summed E-state index contributed by atoms with van der Waals surface area (Å²) in [6.07, 6.45) is 3.15. The van der Waals surface area contributed by atoms with E-state index in [9.17, 15) is 4.79 Å². The van der Waals surface area contributed by atoms with Crippen LogP contribution in [0.5, 0.6) is 0 Å². The van der Waals surface area contributed by atoms with Gasteiger partial charge in [-0.05, 0) is 37.3 Å². The zero-order valence-corrected chi connectivity index (χ0v) is 13.9. The number of amides is 1. The molecular weight excluding hydrogens is 323 g/mol. The van der Waals surface area contributed by atoms with E-state index in [1.165, 1.54) is 0 Å². The highest BCUT2D eigenvalue weighted by molar-refractivity contribution is 5.94. The van der Waals surface area contributed by atoms with Gasteiger partial charge in [0.2, 0.25) is 5.91 Å². The zero-order valence-electron chi connectivity index (χ0n) is 12.2. The van der Waals surface area contributed by atoms with E-state index in [1.807, 2.05) is 24.3 Å². The molecule has 0 spiro atoms. The van der Waals surface area contributed by atoms with Gasteiger partial charge in [0.05, 0.1) is 0 Å². The fourth-order valence-corrected chi connectivity index (χ4v) is 3.46. The normalized spacial score (nSPS) is 26.1. The summed E-state index contributed by atoms with van der Waals surface area (Å²) in [4.78, 5) is 14.0. The number of primary amides is 1. The van der Waals surface area contributed by atoms with E-state index >= 15 is 0 Å². The molecule has 22 heavy (non-hydrogen) atoms. The number of hydrogen-bond acceptors (Lipinski definition) is 3. The molecular formula is C15H22Cl2N4O. The first-order chi connectivity index (χ1) is 9.54. The Morgan fingerprint density at radius 2 is 1.91 bits per heavy atom. The molecule has 2 atom stereocenters. The van der Waals surface area contributed by atoms with Gasteiger partial charge in [0.15, 0.2) is 0 Å². The third kappa shape index (κ3) is 3.07. The van der Waals surface area contributed by atoms with E-state index in [-0.39, 0.29) is 36.6 Å². The van der Waals surface area contributed by atoms with E-state index in [4.69, 9.17) is 16.9 Å². The highest BCUT2D eigenvalue weighted by Gasteiger charge is 2.63. The fourth-order valence-electron chi connectivity index (χ4n) is 3.46. The van der Waals surface area contributed by atoms with Gasteiger partial charge in [-0.2, -0.15) is 0 Å². The van der Waals surface area contributed by atoms with E-state index in [1.54, 1.807) is 0 Å². The van der Waals surface area contributed by atoms with Crippen LogP contribution in [0.1, 0.15) is 30.4 Å². The largest absolute Gasteiger partial charge is 0.384 e. The molecule has 1 amide bonds. The second kappa shape index (κ2) is 6.86. The monoisotopic (exact) mass is 344 g/mol. The number of carbonyl (C=O) groups excluding carboxylic acids is 1. The fraction of sp³-hybridized carbons (Fsp3) is 0.467. The van der Waals surface area contributed by atoms with Crippen molar-refractivity contribution in [2.24, 2.45) is 17.4 Å². The van der Waals surface area contributed by atoms with Gasteiger partial charge in [0.25, 0.3) is 0 Å². The van der Waals surface area contributed by atoms with Crippen molar-refractivity contribution in [3.8, 4) is 0 Å². The van der Waals surface area contributed by atoms with Gasteiger partial charge in [-0.3, -0.25) is 15.1 Å². The maximum absolute atomic E-state index is 11.8. The molecule has 3 rings (SSSR count). The van der Waals surface area contributed by atoms with Crippen LogP contribution in [0.15, 0.2) is 24.3 Å². The summed E-state index contributed by atoms with van der Waals surface area (Å²) in [5.74, 6) is 0.346. The van der Waals surface area contributed by atoms with Gasteiger partial charge in [0.1, 0.15) is 11.4 Å². The van der Waals surface area contributed by atoms with E-state index < -0.39 is 5.54 Å². The van der Waals surface area contributed by atoms with Crippen LogP contribution in [0.3, 0.4) is 0 Å². The number of hydrogen-bond donors (Lipinski definition) is 3. The van der Waals surface area contributed by atoms with Crippen molar-refractivity contribution in [1.29, 1.82) is 5.41 Å². The predicted octanol–water partition coefficient (Wildman–Crippen LogP) is 1.65. The van der Waals surface area contributed by atoms with Crippen LogP contribution in [0, 0.1) is 11.3 Å². The van der Waals surface area contributed by atoms with Crippen molar-refractivity contribution in [3.05, 3.63) is 35.4 Å². The number of nitrogens with two attached hydrogens (primary N) is 2. The maximum Gasteiger partial charge on any atom is 0.238 e. The Morgan fingerprint density at radius 1 is 1.27 bits per heavy atom. The molecule has 0 unspecified atom stereocenters. The Labute approximate surface area is 142 Å². The first-order valence-electron chi connectivity index (χ1n) is 7.02. The lowest BCUT2D eigenvalue weighted by molar-refractivity contribution is -0.126. The quantitative estimate of drug-likeness (QED) is 0.572. The van der Waals surface area contributed by atoms with Crippen molar-refractivity contribution < 1.29 is 4.79 Å². The molecule has 1 aromatic rings. The first kappa shape index (κ1) is 18.7. The van der Waals surface area contributed by atoms with Crippen LogP contribution in [-0.4, -0.2) is 28.7 Å². The van der Waals surface area contributed by atoms with Crippen LogP contribution in [0.25, 0.3) is 0 Å². The van der Waals surface area contributed by atoms with Crippen molar-refractivity contribution >= 4 is 36.6 Å². The van der Waals surface area contributed by atoms with Crippen molar-refractivity contribution in [1.82, 2.24) is 4.90 Å². The van der Waals surface area contributed by atoms with Crippen molar-refractivity contribution in [2.45, 2.75) is 31.3 Å². The highest BCUT2D eigenvalue weighted by Crippen LogP contribution is 2.54. The summed E-state index contributed by atoms with van der Waals surface area (Å²) < 4.78 is 0. The Bertz CT molecular complexity index is 563. The Balaban J connectivity index is 0.00000121. The molecule has 1 heterocycles. The van der Waals surface area contributed by atoms with E-state index in [0.29, 0.717) is 5.92 Å². The van der Waals surface area contributed by atoms with Gasteiger partial charge >= 0.3 is 0 Å². The van der Waals surface area contributed by atoms with Crippen molar-refractivity contribution in [2.75, 3.05) is 6.54 Å². The average molecular weight is 345 g/mol. The Kier molecular flexibility index (Phi) is 5.84. The van der Waals surface area contributed by atoms with Crippen LogP contribution >= 0.6 is 24.8 Å². The predicted molar refractivity (Wildman–Crippen MR) is 91.6 cm³/mol.